The minimum atomic E-state index is 1.09. The molecule has 0 aromatic carbocycles. The van der Waals surface area contributed by atoms with Gasteiger partial charge in [0.25, 0.3) is 0 Å². The van der Waals surface area contributed by atoms with E-state index in [-0.39, 0.29) is 0 Å². The van der Waals surface area contributed by atoms with Crippen LogP contribution in [0.1, 0.15) is 13.8 Å². The van der Waals surface area contributed by atoms with E-state index >= 15 is 0 Å². The number of hydrogen-bond donors (Lipinski definition) is 2. The van der Waals surface area contributed by atoms with Crippen molar-refractivity contribution in [2.24, 2.45) is 0 Å². The molecule has 7 heavy (non-hydrogen) atoms. The fourth-order valence-electron chi connectivity index (χ4n) is 0.250. The third-order valence-electron chi connectivity index (χ3n) is 0.500. The van der Waals surface area contributed by atoms with E-state index < -0.39 is 0 Å². The summed E-state index contributed by atoms with van der Waals surface area (Å²) in [6.07, 6.45) is 1.69. The van der Waals surface area contributed by atoms with Crippen LogP contribution in [-0.4, -0.2) is 19.3 Å². The lowest BCUT2D eigenvalue weighted by Crippen LogP contribution is -2.09. The molecule has 0 aliphatic heterocycles. The molecule has 0 atom stereocenters. The van der Waals surface area contributed by atoms with E-state index in [1.54, 1.807) is 6.26 Å². The van der Waals surface area contributed by atoms with Gasteiger partial charge in [-0.15, -0.1) is 0 Å². The van der Waals surface area contributed by atoms with Gasteiger partial charge in [-0.25, -0.2) is 0 Å². The lowest BCUT2D eigenvalue weighted by atomic mass is 10.7. The van der Waals surface area contributed by atoms with Crippen LogP contribution in [0.15, 0.2) is 0 Å². The minimum Gasteiger partial charge on any atom is -0.317 e. The molecule has 0 saturated heterocycles. The van der Waals surface area contributed by atoms with E-state index in [1.165, 1.54) is 0 Å². The Morgan fingerprint density at radius 3 is 1.43 bits per heavy atom. The van der Waals surface area contributed by atoms with Crippen LogP contribution >= 0.6 is 12.6 Å². The number of hydrogen-bond acceptors (Lipinski definition) is 2. The van der Waals surface area contributed by atoms with Gasteiger partial charge in [0.15, 0.2) is 0 Å². The molecule has 0 spiro atoms. The Morgan fingerprint density at radius 2 is 1.43 bits per heavy atom. The zero-order valence-electron chi connectivity index (χ0n) is 5.36. The maximum Gasteiger partial charge on any atom is -0.00775 e. The Hall–Kier alpha value is 0.310. The van der Waals surface area contributed by atoms with E-state index in [0.717, 1.165) is 13.1 Å². The molecule has 1 nitrogen and oxygen atoms in total. The smallest absolute Gasteiger partial charge is 0.00775 e. The molecule has 46 valence electrons. The Kier molecular flexibility index (Phi) is 23.9. The summed E-state index contributed by atoms with van der Waals surface area (Å²) in [4.78, 5) is 0. The largest absolute Gasteiger partial charge is 0.317 e. The highest BCUT2D eigenvalue weighted by atomic mass is 32.1. The summed E-state index contributed by atoms with van der Waals surface area (Å²) >= 11 is 3.53. The number of thiol groups is 1. The second kappa shape index (κ2) is 16.2. The van der Waals surface area contributed by atoms with E-state index in [4.69, 9.17) is 0 Å². The molecule has 0 aliphatic rings. The van der Waals surface area contributed by atoms with Crippen molar-refractivity contribution in [1.29, 1.82) is 0 Å². The first-order chi connectivity index (χ1) is 3.41. The van der Waals surface area contributed by atoms with Crippen LogP contribution in [0.4, 0.5) is 0 Å². The van der Waals surface area contributed by atoms with Crippen molar-refractivity contribution in [3.63, 3.8) is 0 Å². The van der Waals surface area contributed by atoms with Crippen molar-refractivity contribution in [2.75, 3.05) is 19.3 Å². The monoisotopic (exact) mass is 121 g/mol. The van der Waals surface area contributed by atoms with E-state index in [2.05, 4.69) is 31.8 Å². The topological polar surface area (TPSA) is 12.0 Å². The Labute approximate surface area is 51.9 Å². The second-order valence-electron chi connectivity index (χ2n) is 0.957. The lowest BCUT2D eigenvalue weighted by Gasteiger charge is -1.86. The molecule has 0 fully saturated rings. The predicted molar refractivity (Wildman–Crippen MR) is 39.1 cm³/mol. The molecule has 0 amide bonds. The maximum atomic E-state index is 3.53. The van der Waals surface area contributed by atoms with Gasteiger partial charge in [0.2, 0.25) is 0 Å². The summed E-state index contributed by atoms with van der Waals surface area (Å²) in [5.41, 5.74) is 0. The van der Waals surface area contributed by atoms with Crippen LogP contribution in [-0.2, 0) is 0 Å². The van der Waals surface area contributed by atoms with E-state index in [0.29, 0.717) is 0 Å². The third-order valence-corrected chi connectivity index (χ3v) is 0.500. The van der Waals surface area contributed by atoms with Gasteiger partial charge in [0, 0.05) is 0 Å². The summed E-state index contributed by atoms with van der Waals surface area (Å²) in [6, 6.07) is 0. The van der Waals surface area contributed by atoms with Crippen molar-refractivity contribution in [3.8, 4) is 0 Å². The highest BCUT2D eigenvalue weighted by Crippen LogP contribution is 1.47. The van der Waals surface area contributed by atoms with Gasteiger partial charge in [0.05, 0.1) is 0 Å². The molecular formula is C5H15NS. The average Bonchev–Trinajstić information content (AvgIpc) is 1.75. The molecule has 1 N–H and O–H groups in total. The van der Waals surface area contributed by atoms with Gasteiger partial charge in [-0.2, -0.15) is 12.6 Å². The van der Waals surface area contributed by atoms with Gasteiger partial charge in [0.1, 0.15) is 0 Å². The molecule has 0 heterocycles. The SMILES string of the molecule is CCNCC.CS. The first-order valence-electron chi connectivity index (χ1n) is 2.57. The second-order valence-corrected chi connectivity index (χ2v) is 0.957. The summed E-state index contributed by atoms with van der Waals surface area (Å²) in [7, 11) is 0. The van der Waals surface area contributed by atoms with Crippen LogP contribution in [0.3, 0.4) is 0 Å². The Bertz CT molecular complexity index is 15.6. The first kappa shape index (κ1) is 10.3. The van der Waals surface area contributed by atoms with Crippen molar-refractivity contribution in [3.05, 3.63) is 0 Å². The molecule has 0 unspecified atom stereocenters. The summed E-state index contributed by atoms with van der Waals surface area (Å²) in [6.45, 7) is 6.39. The van der Waals surface area contributed by atoms with Crippen LogP contribution in [0.5, 0.6) is 0 Å². The van der Waals surface area contributed by atoms with Gasteiger partial charge >= 0.3 is 0 Å². The van der Waals surface area contributed by atoms with Gasteiger partial charge in [-0.3, -0.25) is 0 Å². The first-order valence-corrected chi connectivity index (χ1v) is 3.46. The summed E-state index contributed by atoms with van der Waals surface area (Å²) < 4.78 is 0. The molecule has 0 saturated carbocycles. The summed E-state index contributed by atoms with van der Waals surface area (Å²) in [5.74, 6) is 0. The van der Waals surface area contributed by atoms with Gasteiger partial charge in [-0.05, 0) is 19.3 Å². The quantitative estimate of drug-likeness (QED) is 0.522. The number of nitrogens with one attached hydrogen (secondary N) is 1. The highest BCUT2D eigenvalue weighted by Gasteiger charge is 1.62. The number of rotatable bonds is 2. The minimum absolute atomic E-state index is 1.09. The molecule has 0 aromatic rings. The average molecular weight is 121 g/mol. The summed E-state index contributed by atoms with van der Waals surface area (Å²) in [5, 5.41) is 3.11. The van der Waals surface area contributed by atoms with Crippen LogP contribution < -0.4 is 5.32 Å². The maximum absolute atomic E-state index is 3.53. The van der Waals surface area contributed by atoms with Crippen molar-refractivity contribution in [1.82, 2.24) is 5.32 Å². The van der Waals surface area contributed by atoms with Crippen molar-refractivity contribution < 1.29 is 0 Å². The molecule has 0 aliphatic carbocycles. The molecule has 0 rings (SSSR count). The zero-order valence-corrected chi connectivity index (χ0v) is 6.26. The van der Waals surface area contributed by atoms with Crippen LogP contribution in [0.2, 0.25) is 0 Å². The normalized spacial score (nSPS) is 6.86. The molecule has 0 radical (unpaired) electrons. The van der Waals surface area contributed by atoms with E-state index in [9.17, 15) is 0 Å². The fourth-order valence-corrected chi connectivity index (χ4v) is 0.250. The Balaban J connectivity index is 0. The van der Waals surface area contributed by atoms with Gasteiger partial charge in [-0.1, -0.05) is 13.8 Å². The van der Waals surface area contributed by atoms with Crippen molar-refractivity contribution in [2.45, 2.75) is 13.8 Å². The van der Waals surface area contributed by atoms with Crippen molar-refractivity contribution >= 4 is 12.6 Å². The molecule has 2 heteroatoms. The lowest BCUT2D eigenvalue weighted by molar-refractivity contribution is 0.762. The Morgan fingerprint density at radius 1 is 1.14 bits per heavy atom. The molecule has 0 bridgehead atoms. The fraction of sp³-hybridized carbons (Fsp3) is 1.00. The van der Waals surface area contributed by atoms with E-state index in [1.807, 2.05) is 0 Å². The van der Waals surface area contributed by atoms with Gasteiger partial charge < -0.3 is 5.32 Å². The molecule has 0 aromatic heterocycles. The van der Waals surface area contributed by atoms with Crippen LogP contribution in [0, 0.1) is 0 Å². The standard InChI is InChI=1S/C4H11N.CH4S/c1-3-5-4-2;1-2/h5H,3-4H2,1-2H3;2H,1H3. The van der Waals surface area contributed by atoms with Crippen LogP contribution in [0.25, 0.3) is 0 Å². The zero-order chi connectivity index (χ0) is 6.12. The third kappa shape index (κ3) is 22.0. The molecular weight excluding hydrogens is 106 g/mol. The predicted octanol–water partition coefficient (Wildman–Crippen LogP) is 1.16. The highest BCUT2D eigenvalue weighted by molar-refractivity contribution is 7.79.